The summed E-state index contributed by atoms with van der Waals surface area (Å²) < 4.78 is 222. The van der Waals surface area contributed by atoms with Gasteiger partial charge in [-0.15, -0.1) is 0 Å². The van der Waals surface area contributed by atoms with Gasteiger partial charge in [-0.05, 0) is 245 Å². The second kappa shape index (κ2) is 35.2. The molecule has 0 saturated heterocycles. The van der Waals surface area contributed by atoms with Crippen LogP contribution in [0.15, 0.2) is 177 Å². The van der Waals surface area contributed by atoms with Crippen molar-refractivity contribution in [3.63, 3.8) is 0 Å². The van der Waals surface area contributed by atoms with Gasteiger partial charge in [0.15, 0.2) is 0 Å². The average Bonchev–Trinajstić information content (AvgIpc) is 1.60. The molecule has 0 radical (unpaired) electrons. The summed E-state index contributed by atoms with van der Waals surface area (Å²) in [6.07, 6.45) is -5.70. The highest BCUT2D eigenvalue weighted by atomic mass is 35.5. The quantitative estimate of drug-likeness (QED) is 0.0121. The minimum Gasteiger partial charge on any atom is -0.455 e. The van der Waals surface area contributed by atoms with Gasteiger partial charge in [0, 0.05) is 114 Å². The number of nitrogens with zero attached hydrogens (tertiary/aromatic N) is 3. The molecule has 3 heterocycles. The van der Waals surface area contributed by atoms with Crippen LogP contribution in [0, 0.1) is 5.82 Å². The zero-order valence-corrected chi connectivity index (χ0v) is 69.8. The highest BCUT2D eigenvalue weighted by molar-refractivity contribution is 7.88. The van der Waals surface area contributed by atoms with Crippen molar-refractivity contribution in [2.45, 2.75) is 108 Å². The normalized spacial score (nSPS) is 14.5. The second-order valence-corrected chi connectivity index (χ2v) is 35.5. The number of amides is 3. The van der Waals surface area contributed by atoms with E-state index < -0.39 is 137 Å². The van der Waals surface area contributed by atoms with Crippen LogP contribution in [0.1, 0.15) is 149 Å². The van der Waals surface area contributed by atoms with Crippen molar-refractivity contribution in [3.8, 4) is 34.0 Å². The number of carbonyl (C=O) groups excluding carboxylic acids is 3. The van der Waals surface area contributed by atoms with Crippen LogP contribution in [-0.2, 0) is 93.3 Å². The molecule has 7 N–H and O–H groups in total. The number of benzene rings is 9. The first-order valence-electron chi connectivity index (χ1n) is 38.3. The Morgan fingerprint density at radius 1 is 0.467 bits per heavy atom. The first kappa shape index (κ1) is 87.4. The number of carbonyl (C=O) groups is 3. The van der Waals surface area contributed by atoms with Crippen LogP contribution in [0.5, 0.6) is 0 Å². The maximum absolute atomic E-state index is 17.5. The number of hydrogen-bond acceptors (Lipinski definition) is 14. The van der Waals surface area contributed by atoms with Crippen molar-refractivity contribution in [2.75, 3.05) is 27.4 Å². The topological polar surface area (TPSA) is 304 Å². The lowest BCUT2D eigenvalue weighted by atomic mass is 9.65. The van der Waals surface area contributed by atoms with Crippen LogP contribution in [0.4, 0.5) is 30.7 Å². The van der Waals surface area contributed by atoms with Crippen LogP contribution >= 0.6 is 34.8 Å². The third kappa shape index (κ3) is 18.9. The number of hydrogen-bond donors (Lipinski definition) is 7. The standard InChI is InChI=1S/C84H73B3Cl3F7N6O16S3/c1-98-80(104)74-62-35-59(47-8-9-47)53(32-71(62)115-77(74)50-14-20-56(88)21-15-50)41-101(120(109)110)38-44-5-26-67(65(29-44)83(92,93)94)85(107)118-87(69-28-7-46(31-70(69)91)40-103(122(4,113)114)43-55-34-73-64(37-61(55)49-12-13-49)76(82(106)100-3)79(117-73)52-18-24-58(90)25-19-52)119-86(108)68-27-6-45(30-66(68)84(95,96)97)39-102(121(111)112)42-54-33-72-63(36-60(54)48-10-11-48)75(81(105)99-2)78(116-72)51-16-22-57(89)23-17-51/h5-7,14-37,47-49,107-108H,8-13,38-43H2,1-4H3,(H,98,104)(H,99,105)(H,100,106)(H,109,110)(H,111,112). The summed E-state index contributed by atoms with van der Waals surface area (Å²) in [5.74, 6) is -2.47. The van der Waals surface area contributed by atoms with Gasteiger partial charge in [-0.25, -0.2) is 21.2 Å². The van der Waals surface area contributed by atoms with E-state index in [9.17, 15) is 50.4 Å². The predicted octanol–water partition coefficient (Wildman–Crippen LogP) is 15.5. The molecule has 3 amide bonds. The molecule has 22 nitrogen and oxygen atoms in total. The Kier molecular flexibility index (Phi) is 25.2. The molecule has 15 rings (SSSR count). The van der Waals surface area contributed by atoms with Crippen molar-refractivity contribution in [1.82, 2.24) is 28.9 Å². The number of furan rings is 3. The van der Waals surface area contributed by atoms with Crippen LogP contribution in [0.25, 0.3) is 66.9 Å². The molecule has 38 heteroatoms. The second-order valence-electron chi connectivity index (χ2n) is 30.2. The maximum atomic E-state index is 17.5. The molecule has 3 fully saturated rings. The highest BCUT2D eigenvalue weighted by Crippen LogP contribution is 2.50. The monoisotopic (exact) mass is 1790 g/mol. The fourth-order valence-electron chi connectivity index (χ4n) is 15.4. The summed E-state index contributed by atoms with van der Waals surface area (Å²) in [7, 11) is -8.37. The number of fused-ring (bicyclic) bond motifs is 3. The van der Waals surface area contributed by atoms with Gasteiger partial charge in [0.1, 0.15) is 39.8 Å². The van der Waals surface area contributed by atoms with Crippen molar-refractivity contribution in [2.24, 2.45) is 0 Å². The van der Waals surface area contributed by atoms with Crippen LogP contribution in [0.3, 0.4) is 0 Å². The molecule has 0 spiro atoms. The number of nitrogens with one attached hydrogen (secondary N) is 3. The molecular formula is C84H73B3Cl3F7N6O16S3. The molecule has 12 aromatic rings. The van der Waals surface area contributed by atoms with Crippen molar-refractivity contribution in [3.05, 3.63) is 263 Å². The summed E-state index contributed by atoms with van der Waals surface area (Å²) in [5, 5.41) is 34.6. The third-order valence-corrected chi connectivity index (χ3v) is 25.2. The average molecular weight is 1790 g/mol. The van der Waals surface area contributed by atoms with Crippen LogP contribution < -0.4 is 32.3 Å². The molecule has 2 atom stereocenters. The summed E-state index contributed by atoms with van der Waals surface area (Å²) in [5.41, 5.74) is -0.866. The SMILES string of the molecule is CNC(=O)c1c(-c2ccc(Cl)cc2)oc2cc(CN(Cc3ccc(B(O)OB(OB(O)c4ccc(CN(Cc5cc6oc(-c7ccc(Cl)cc7)c(C(=O)NC)c6cc5C5CC5)S(=O)O)cc4C(F)(F)F)c4ccc(CN(Cc5cc6oc(-c7ccc(Cl)cc7)c(C(=O)NC)c6cc5C5CC5)S(C)(=O)=O)cc4F)c(C(F)(F)F)c3)S(=O)O)c(C3CC3)cc12. The predicted molar refractivity (Wildman–Crippen MR) is 452 cm³/mol. The first-order chi connectivity index (χ1) is 58.0. The summed E-state index contributed by atoms with van der Waals surface area (Å²) in [6, 6.07) is 37.1. The molecule has 3 aliphatic carbocycles. The molecule has 3 aliphatic rings. The van der Waals surface area contributed by atoms with E-state index in [4.69, 9.17) is 57.2 Å². The number of halogens is 10. The van der Waals surface area contributed by atoms with E-state index in [1.165, 1.54) is 21.1 Å². The van der Waals surface area contributed by atoms with E-state index in [0.29, 0.717) is 132 Å². The van der Waals surface area contributed by atoms with Crippen molar-refractivity contribution >= 4 is 156 Å². The van der Waals surface area contributed by atoms with E-state index in [2.05, 4.69) is 16.0 Å². The van der Waals surface area contributed by atoms with Gasteiger partial charge >= 0.3 is 33.7 Å². The van der Waals surface area contributed by atoms with Crippen LogP contribution in [0.2, 0.25) is 15.1 Å². The zero-order chi connectivity index (χ0) is 86.9. The molecule has 632 valence electrons. The Morgan fingerprint density at radius 2 is 0.779 bits per heavy atom. The minimum atomic E-state index is -5.41. The Hall–Kier alpha value is -9.53. The minimum absolute atomic E-state index is 0.0678. The molecule has 3 aromatic heterocycles. The van der Waals surface area contributed by atoms with Crippen molar-refractivity contribution in [1.29, 1.82) is 0 Å². The lowest BCUT2D eigenvalue weighted by molar-refractivity contribution is -0.137. The molecule has 0 bridgehead atoms. The van der Waals surface area contributed by atoms with E-state index in [1.807, 2.05) is 0 Å². The Bertz CT molecular complexity index is 6030. The van der Waals surface area contributed by atoms with E-state index in [-0.39, 0.29) is 105 Å². The summed E-state index contributed by atoms with van der Waals surface area (Å²) in [4.78, 5) is 40.6. The molecular weight excluding hydrogens is 1720 g/mol. The number of sulfonamides is 1. The van der Waals surface area contributed by atoms with Gasteiger partial charge in [-0.3, -0.25) is 23.5 Å². The highest BCUT2D eigenvalue weighted by Gasteiger charge is 2.45. The van der Waals surface area contributed by atoms with Gasteiger partial charge in [-0.2, -0.15) is 39.3 Å². The molecule has 9 aromatic carbocycles. The zero-order valence-electron chi connectivity index (χ0n) is 65.1. The Morgan fingerprint density at radius 3 is 1.07 bits per heavy atom. The largest absolute Gasteiger partial charge is 0.478 e. The Balaban J connectivity index is 0.751. The summed E-state index contributed by atoms with van der Waals surface area (Å²) in [6.45, 7) is -3.01. The fraction of sp³-hybridized carbons (Fsp3) is 0.250. The van der Waals surface area contributed by atoms with E-state index in [1.54, 1.807) is 109 Å². The lowest BCUT2D eigenvalue weighted by Crippen LogP contribution is -2.54. The van der Waals surface area contributed by atoms with Crippen LogP contribution in [-0.4, -0.2) is 115 Å². The van der Waals surface area contributed by atoms with Crippen molar-refractivity contribution < 1.29 is 104 Å². The molecule has 0 aliphatic heterocycles. The fourth-order valence-corrected chi connectivity index (χ4v) is 17.5. The number of rotatable bonds is 31. The molecule has 2 unspecified atom stereocenters. The summed E-state index contributed by atoms with van der Waals surface area (Å²) >= 11 is 12.8. The van der Waals surface area contributed by atoms with E-state index >= 15 is 30.7 Å². The first-order valence-corrected chi connectivity index (χ1v) is 43.4. The van der Waals surface area contributed by atoms with Gasteiger partial charge in [-0.1, -0.05) is 71.2 Å². The Labute approximate surface area is 715 Å². The maximum Gasteiger partial charge on any atom is 0.478 e. The van der Waals surface area contributed by atoms with E-state index in [0.717, 1.165) is 61.6 Å². The van der Waals surface area contributed by atoms with Gasteiger partial charge < -0.3 is 48.4 Å². The van der Waals surface area contributed by atoms with Gasteiger partial charge in [0.2, 0.25) is 32.6 Å². The lowest BCUT2D eigenvalue weighted by Gasteiger charge is -2.25. The molecule has 3 saturated carbocycles. The van der Waals surface area contributed by atoms with Gasteiger partial charge in [0.25, 0.3) is 17.7 Å². The number of alkyl halides is 6. The smallest absolute Gasteiger partial charge is 0.455 e. The third-order valence-electron chi connectivity index (χ3n) is 21.8. The van der Waals surface area contributed by atoms with Gasteiger partial charge in [0.05, 0.1) is 34.1 Å². The molecule has 122 heavy (non-hydrogen) atoms.